The van der Waals surface area contributed by atoms with Gasteiger partial charge in [-0.05, 0) is 25.0 Å². The molecule has 1 aliphatic heterocycles. The lowest BCUT2D eigenvalue weighted by atomic mass is 10.2. The Bertz CT molecular complexity index is 956. The lowest BCUT2D eigenvalue weighted by molar-refractivity contribution is 0.129. The van der Waals surface area contributed by atoms with Crippen molar-refractivity contribution in [3.8, 4) is 0 Å². The Kier molecular flexibility index (Phi) is 4.12. The molecule has 1 aromatic carbocycles. The van der Waals surface area contributed by atoms with Crippen molar-refractivity contribution in [1.29, 1.82) is 0 Å². The quantitative estimate of drug-likeness (QED) is 0.527. The number of benzene rings is 1. The van der Waals surface area contributed by atoms with Crippen LogP contribution in [0.3, 0.4) is 0 Å². The summed E-state index contributed by atoms with van der Waals surface area (Å²) in [4.78, 5) is 12.7. The monoisotopic (exact) mass is 342 g/mol. The molecule has 0 radical (unpaired) electrons. The maximum absolute atomic E-state index is 12.7. The molecule has 1 saturated heterocycles. The van der Waals surface area contributed by atoms with Gasteiger partial charge >= 0.3 is 0 Å². The molecule has 3 heterocycles. The number of aromatic nitrogens is 4. The van der Waals surface area contributed by atoms with E-state index in [1.807, 2.05) is 28.7 Å². The van der Waals surface area contributed by atoms with Gasteiger partial charge in [0.05, 0.1) is 17.0 Å². The Hall–Kier alpha value is -2.12. The molecular formula is C17H18N4O2S. The van der Waals surface area contributed by atoms with Gasteiger partial charge in [0.15, 0.2) is 5.16 Å². The first-order valence-electron chi connectivity index (χ1n) is 8.01. The number of rotatable bonds is 5. The molecular weight excluding hydrogens is 324 g/mol. The van der Waals surface area contributed by atoms with Crippen LogP contribution in [0.2, 0.25) is 0 Å². The highest BCUT2D eigenvalue weighted by Crippen LogP contribution is 2.25. The summed E-state index contributed by atoms with van der Waals surface area (Å²) in [5.41, 5.74) is 0.763. The summed E-state index contributed by atoms with van der Waals surface area (Å²) in [5.74, 6) is 1.39. The van der Waals surface area contributed by atoms with Crippen LogP contribution >= 0.6 is 11.8 Å². The van der Waals surface area contributed by atoms with Crippen LogP contribution in [0, 0.1) is 0 Å². The van der Waals surface area contributed by atoms with Crippen LogP contribution in [-0.4, -0.2) is 37.6 Å². The van der Waals surface area contributed by atoms with Gasteiger partial charge in [-0.2, -0.15) is 0 Å². The second-order valence-electron chi connectivity index (χ2n) is 5.79. The predicted molar refractivity (Wildman–Crippen MR) is 94.6 cm³/mol. The lowest BCUT2D eigenvalue weighted by Gasteiger charge is -2.10. The average Bonchev–Trinajstić information content (AvgIpc) is 3.26. The van der Waals surface area contributed by atoms with E-state index in [1.165, 1.54) is 0 Å². The number of hydrogen-bond acceptors (Lipinski definition) is 5. The van der Waals surface area contributed by atoms with Crippen molar-refractivity contribution in [2.45, 2.75) is 30.6 Å². The fourth-order valence-electron chi connectivity index (χ4n) is 3.06. The van der Waals surface area contributed by atoms with Crippen molar-refractivity contribution in [1.82, 2.24) is 19.2 Å². The zero-order chi connectivity index (χ0) is 16.5. The molecule has 3 aromatic rings. The van der Waals surface area contributed by atoms with E-state index in [0.29, 0.717) is 17.7 Å². The van der Waals surface area contributed by atoms with Gasteiger partial charge in [0.25, 0.3) is 5.56 Å². The predicted octanol–water partition coefficient (Wildman–Crippen LogP) is 2.50. The molecule has 0 N–H and O–H groups in total. The van der Waals surface area contributed by atoms with Crippen molar-refractivity contribution in [2.75, 3.05) is 12.4 Å². The third kappa shape index (κ3) is 2.53. The Labute approximate surface area is 143 Å². The molecule has 24 heavy (non-hydrogen) atoms. The maximum atomic E-state index is 12.7. The second-order valence-corrected chi connectivity index (χ2v) is 6.77. The zero-order valence-corrected chi connectivity index (χ0v) is 14.0. The van der Waals surface area contributed by atoms with Crippen LogP contribution in [0.25, 0.3) is 16.7 Å². The summed E-state index contributed by atoms with van der Waals surface area (Å²) in [6.45, 7) is 4.99. The van der Waals surface area contributed by atoms with E-state index in [2.05, 4.69) is 16.8 Å². The van der Waals surface area contributed by atoms with Crippen LogP contribution in [-0.2, 0) is 11.3 Å². The molecule has 0 spiro atoms. The summed E-state index contributed by atoms with van der Waals surface area (Å²) < 4.78 is 9.25. The minimum atomic E-state index is -0.0684. The number of thioether (sulfide) groups is 1. The molecule has 4 rings (SSSR count). The fraction of sp³-hybridized carbons (Fsp3) is 0.353. The van der Waals surface area contributed by atoms with E-state index in [0.717, 1.165) is 35.9 Å². The minimum absolute atomic E-state index is 0.0684. The highest BCUT2D eigenvalue weighted by molar-refractivity contribution is 7.99. The van der Waals surface area contributed by atoms with Gasteiger partial charge in [-0.15, -0.1) is 16.8 Å². The Morgan fingerprint density at radius 3 is 3.04 bits per heavy atom. The molecule has 0 amide bonds. The van der Waals surface area contributed by atoms with Gasteiger partial charge in [-0.25, -0.2) is 0 Å². The summed E-state index contributed by atoms with van der Waals surface area (Å²) >= 11 is 1.62. The van der Waals surface area contributed by atoms with Gasteiger partial charge in [0, 0.05) is 18.9 Å². The van der Waals surface area contributed by atoms with Crippen LogP contribution in [0.5, 0.6) is 0 Å². The normalized spacial score (nSPS) is 17.8. The molecule has 1 aliphatic rings. The van der Waals surface area contributed by atoms with Crippen LogP contribution in [0.1, 0.15) is 12.8 Å². The number of ether oxygens (including phenoxy) is 1. The second kappa shape index (κ2) is 6.41. The summed E-state index contributed by atoms with van der Waals surface area (Å²) in [6.07, 6.45) is 4.18. The van der Waals surface area contributed by atoms with Crippen molar-refractivity contribution < 1.29 is 4.74 Å². The van der Waals surface area contributed by atoms with Crippen LogP contribution in [0.4, 0.5) is 0 Å². The minimum Gasteiger partial charge on any atom is -0.377 e. The third-order valence-electron chi connectivity index (χ3n) is 4.21. The van der Waals surface area contributed by atoms with Gasteiger partial charge in [0.2, 0.25) is 5.78 Å². The molecule has 7 heteroatoms. The van der Waals surface area contributed by atoms with Crippen LogP contribution < -0.4 is 5.56 Å². The Balaban J connectivity index is 1.86. The third-order valence-corrected chi connectivity index (χ3v) is 5.27. The Morgan fingerprint density at radius 2 is 2.25 bits per heavy atom. The molecule has 124 valence electrons. The molecule has 0 unspecified atom stereocenters. The molecule has 1 fully saturated rings. The van der Waals surface area contributed by atoms with Gasteiger partial charge in [-0.3, -0.25) is 13.8 Å². The summed E-state index contributed by atoms with van der Waals surface area (Å²) in [6, 6.07) is 7.57. The van der Waals surface area contributed by atoms with Crippen molar-refractivity contribution in [2.24, 2.45) is 0 Å². The maximum Gasteiger partial charge on any atom is 0.263 e. The van der Waals surface area contributed by atoms with E-state index in [9.17, 15) is 4.79 Å². The molecule has 2 aromatic heterocycles. The standard InChI is InChI=1S/C17H18N4O2S/c1-2-9-20-15(22)13-7-3-4-8-14(13)21-16(20)18-19-17(21)24-11-12-6-5-10-23-12/h2-4,7-8,12H,1,5-6,9-11H2/t12-/m1/s1. The van der Waals surface area contributed by atoms with E-state index in [-0.39, 0.29) is 11.7 Å². The largest absolute Gasteiger partial charge is 0.377 e. The zero-order valence-electron chi connectivity index (χ0n) is 13.2. The first kappa shape index (κ1) is 15.4. The van der Waals surface area contributed by atoms with E-state index in [4.69, 9.17) is 4.74 Å². The highest BCUT2D eigenvalue weighted by atomic mass is 32.2. The number of allylic oxidation sites excluding steroid dienone is 1. The fourth-order valence-corrected chi connectivity index (χ4v) is 4.07. The first-order chi connectivity index (χ1) is 11.8. The molecule has 1 atom stereocenters. The number of para-hydroxylation sites is 1. The van der Waals surface area contributed by atoms with Crippen molar-refractivity contribution in [3.63, 3.8) is 0 Å². The first-order valence-corrected chi connectivity index (χ1v) is 9.00. The van der Waals surface area contributed by atoms with E-state index in [1.54, 1.807) is 22.4 Å². The van der Waals surface area contributed by atoms with Crippen molar-refractivity contribution in [3.05, 3.63) is 47.3 Å². The number of nitrogens with zero attached hydrogens (tertiary/aromatic N) is 4. The lowest BCUT2D eigenvalue weighted by Crippen LogP contribution is -2.22. The smallest absolute Gasteiger partial charge is 0.263 e. The van der Waals surface area contributed by atoms with Gasteiger partial charge in [0.1, 0.15) is 0 Å². The summed E-state index contributed by atoms with van der Waals surface area (Å²) in [7, 11) is 0. The SMILES string of the molecule is C=CCn1c(=O)c2ccccc2n2c(SC[C@H]3CCCO3)nnc12. The van der Waals surface area contributed by atoms with E-state index >= 15 is 0 Å². The molecule has 0 aliphatic carbocycles. The molecule has 6 nitrogen and oxygen atoms in total. The van der Waals surface area contributed by atoms with Crippen molar-refractivity contribution >= 4 is 28.4 Å². The highest BCUT2D eigenvalue weighted by Gasteiger charge is 2.19. The number of hydrogen-bond donors (Lipinski definition) is 0. The summed E-state index contributed by atoms with van der Waals surface area (Å²) in [5, 5.41) is 10.0. The topological polar surface area (TPSA) is 61.4 Å². The average molecular weight is 342 g/mol. The van der Waals surface area contributed by atoms with Crippen LogP contribution in [0.15, 0.2) is 46.9 Å². The van der Waals surface area contributed by atoms with Gasteiger partial charge < -0.3 is 4.74 Å². The molecule has 0 bridgehead atoms. The van der Waals surface area contributed by atoms with Gasteiger partial charge in [-0.1, -0.05) is 30.0 Å². The molecule has 0 saturated carbocycles. The number of fused-ring (bicyclic) bond motifs is 3. The Morgan fingerprint density at radius 1 is 1.38 bits per heavy atom. The van der Waals surface area contributed by atoms with E-state index < -0.39 is 0 Å².